The number of nitrogens with zero attached hydrogens (tertiary/aromatic N) is 1. The highest BCUT2D eigenvalue weighted by atomic mass is 35.5. The Labute approximate surface area is 174 Å². The molecule has 0 saturated carbocycles. The first-order chi connectivity index (χ1) is 13.8. The van der Waals surface area contributed by atoms with Gasteiger partial charge in [-0.15, -0.1) is 0 Å². The lowest BCUT2D eigenvalue weighted by atomic mass is 10.3. The van der Waals surface area contributed by atoms with Crippen LogP contribution in [0.25, 0.3) is 11.0 Å². The molecular formula is C19H16ClN3O4S2. The Balaban J connectivity index is 1.67. The molecule has 0 aliphatic carbocycles. The van der Waals surface area contributed by atoms with Crippen LogP contribution in [0.3, 0.4) is 0 Å². The van der Waals surface area contributed by atoms with Crippen LogP contribution in [-0.4, -0.2) is 22.8 Å². The minimum atomic E-state index is -4.05. The number of benzene rings is 2. The monoisotopic (exact) mass is 449 g/mol. The number of anilines is 1. The lowest BCUT2D eigenvalue weighted by Crippen LogP contribution is -2.14. The van der Waals surface area contributed by atoms with Crippen LogP contribution >= 0.6 is 11.6 Å². The molecule has 2 N–H and O–H groups in total. The Kier molecular flexibility index (Phi) is 5.20. The van der Waals surface area contributed by atoms with Gasteiger partial charge in [-0.3, -0.25) is 14.0 Å². The average molecular weight is 450 g/mol. The molecule has 0 fully saturated rings. The largest absolute Gasteiger partial charge is 0.443 e. The van der Waals surface area contributed by atoms with Gasteiger partial charge in [-0.2, -0.15) is 13.5 Å². The number of furan rings is 1. The van der Waals surface area contributed by atoms with Gasteiger partial charge in [0.1, 0.15) is 5.58 Å². The summed E-state index contributed by atoms with van der Waals surface area (Å²) in [5.74, 6) is 0.130. The van der Waals surface area contributed by atoms with E-state index in [0.717, 1.165) is 5.69 Å². The molecule has 150 valence electrons. The second kappa shape index (κ2) is 7.66. The van der Waals surface area contributed by atoms with Crippen molar-refractivity contribution in [2.45, 2.75) is 22.7 Å². The van der Waals surface area contributed by atoms with Gasteiger partial charge in [0.05, 0.1) is 32.8 Å². The highest BCUT2D eigenvalue weighted by Crippen LogP contribution is 2.29. The maximum Gasteiger partial charge on any atom is 0.295 e. The van der Waals surface area contributed by atoms with Crippen molar-refractivity contribution in [2.24, 2.45) is 0 Å². The van der Waals surface area contributed by atoms with Gasteiger partial charge >= 0.3 is 0 Å². The zero-order chi connectivity index (χ0) is 20.6. The summed E-state index contributed by atoms with van der Waals surface area (Å²) in [5.41, 5.74) is 2.04. The van der Waals surface area contributed by atoms with Gasteiger partial charge in [-0.05, 0) is 37.3 Å². The smallest absolute Gasteiger partial charge is 0.295 e. The lowest BCUT2D eigenvalue weighted by molar-refractivity contribution is 0.484. The van der Waals surface area contributed by atoms with Gasteiger partial charge < -0.3 is 4.42 Å². The molecule has 2 aromatic carbocycles. The number of fused-ring (bicyclic) bond motifs is 1. The van der Waals surface area contributed by atoms with Crippen LogP contribution in [-0.2, 0) is 26.6 Å². The molecule has 2 heterocycles. The van der Waals surface area contributed by atoms with Crippen molar-refractivity contribution in [3.05, 3.63) is 71.0 Å². The average Bonchev–Trinajstić information content (AvgIpc) is 3.28. The van der Waals surface area contributed by atoms with Crippen molar-refractivity contribution in [3.8, 4) is 0 Å². The molecule has 0 spiro atoms. The number of hydrogen-bond donors (Lipinski definition) is 2. The topological polar surface area (TPSA) is 105 Å². The van der Waals surface area contributed by atoms with Crippen LogP contribution in [0.2, 0.25) is 5.02 Å². The first-order valence-electron chi connectivity index (χ1n) is 8.52. The molecule has 0 radical (unpaired) electrons. The third kappa shape index (κ3) is 4.21. The second-order valence-electron chi connectivity index (χ2n) is 6.38. The number of aromatic nitrogens is 2. The molecule has 0 aliphatic rings. The Morgan fingerprint density at radius 2 is 1.97 bits per heavy atom. The van der Waals surface area contributed by atoms with Crippen LogP contribution in [0.1, 0.15) is 11.4 Å². The fourth-order valence-electron chi connectivity index (χ4n) is 2.83. The summed E-state index contributed by atoms with van der Waals surface area (Å²) in [6, 6.07) is 14.7. The number of rotatable bonds is 6. The minimum Gasteiger partial charge on any atom is -0.443 e. The number of halogens is 1. The predicted molar refractivity (Wildman–Crippen MR) is 112 cm³/mol. The lowest BCUT2D eigenvalue weighted by Gasteiger charge is -2.11. The zero-order valence-corrected chi connectivity index (χ0v) is 17.6. The molecular weight excluding hydrogens is 434 g/mol. The number of hydrogen-bond acceptors (Lipinski definition) is 5. The zero-order valence-electron chi connectivity index (χ0n) is 15.2. The first-order valence-corrected chi connectivity index (χ1v) is 11.7. The van der Waals surface area contributed by atoms with Crippen molar-refractivity contribution in [1.82, 2.24) is 10.2 Å². The van der Waals surface area contributed by atoms with Gasteiger partial charge in [0.15, 0.2) is 0 Å². The van der Waals surface area contributed by atoms with Crippen LogP contribution in [0.15, 0.2) is 69.0 Å². The van der Waals surface area contributed by atoms with E-state index in [1.807, 2.05) is 6.92 Å². The van der Waals surface area contributed by atoms with E-state index in [0.29, 0.717) is 26.6 Å². The Morgan fingerprint density at radius 1 is 1.17 bits per heavy atom. The summed E-state index contributed by atoms with van der Waals surface area (Å²) in [5, 5.41) is 7.60. The molecule has 2 aromatic heterocycles. The Bertz CT molecular complexity index is 1300. The van der Waals surface area contributed by atoms with Gasteiger partial charge in [0.2, 0.25) is 5.09 Å². The summed E-state index contributed by atoms with van der Waals surface area (Å²) in [7, 11) is -5.59. The molecule has 4 aromatic rings. The number of sulfonamides is 1. The van der Waals surface area contributed by atoms with E-state index in [-0.39, 0.29) is 16.5 Å². The van der Waals surface area contributed by atoms with Crippen LogP contribution in [0.4, 0.5) is 5.69 Å². The number of aryl methyl sites for hydroxylation is 1. The standard InChI is InChI=1S/C19H16ClN3O4S2/c1-12-8-15(22-21-12)11-28(24)18-7-6-14(20)10-16(18)23-29(25,26)19-9-13-4-2-3-5-17(13)27-19/h2-10,23H,11H2,1H3,(H,21,22). The van der Waals surface area contributed by atoms with Crippen LogP contribution in [0.5, 0.6) is 0 Å². The third-order valence-corrected chi connectivity index (χ3v) is 7.00. The molecule has 0 saturated heterocycles. The fraction of sp³-hybridized carbons (Fsp3) is 0.105. The van der Waals surface area contributed by atoms with E-state index < -0.39 is 20.8 Å². The van der Waals surface area contributed by atoms with E-state index in [1.165, 1.54) is 18.2 Å². The quantitative estimate of drug-likeness (QED) is 0.458. The molecule has 10 heteroatoms. The Hall–Kier alpha value is -2.62. The van der Waals surface area contributed by atoms with Crippen molar-refractivity contribution < 1.29 is 17.0 Å². The minimum absolute atomic E-state index is 0.128. The van der Waals surface area contributed by atoms with Gasteiger partial charge in [-0.1, -0.05) is 29.8 Å². The summed E-state index contributed by atoms with van der Waals surface area (Å²) in [6.07, 6.45) is 0. The van der Waals surface area contributed by atoms with E-state index in [9.17, 15) is 12.6 Å². The van der Waals surface area contributed by atoms with Gasteiger partial charge in [0.25, 0.3) is 10.0 Å². The molecule has 0 amide bonds. The molecule has 0 aliphatic heterocycles. The maximum absolute atomic E-state index is 12.9. The number of para-hydroxylation sites is 1. The molecule has 7 nitrogen and oxygen atoms in total. The molecule has 29 heavy (non-hydrogen) atoms. The van der Waals surface area contributed by atoms with Gasteiger partial charge in [0, 0.05) is 22.2 Å². The highest BCUT2D eigenvalue weighted by Gasteiger charge is 2.23. The molecule has 0 bridgehead atoms. The highest BCUT2D eigenvalue weighted by molar-refractivity contribution is 7.92. The number of aromatic amines is 1. The van der Waals surface area contributed by atoms with Crippen LogP contribution in [0, 0.1) is 6.92 Å². The van der Waals surface area contributed by atoms with Crippen molar-refractivity contribution >= 4 is 49.1 Å². The fourth-order valence-corrected chi connectivity index (χ4v) is 5.25. The maximum atomic E-state index is 12.9. The molecule has 1 atom stereocenters. The molecule has 4 rings (SSSR count). The summed E-state index contributed by atoms with van der Waals surface area (Å²) >= 11 is 6.05. The summed E-state index contributed by atoms with van der Waals surface area (Å²) in [4.78, 5) is 0.301. The predicted octanol–water partition coefficient (Wildman–Crippen LogP) is 4.23. The van der Waals surface area contributed by atoms with Crippen molar-refractivity contribution in [2.75, 3.05) is 4.72 Å². The SMILES string of the molecule is Cc1cc(CS(=O)c2ccc(Cl)cc2NS(=O)(=O)c2cc3ccccc3o2)n[nH]1. The summed E-state index contributed by atoms with van der Waals surface area (Å²) in [6.45, 7) is 1.84. The number of nitrogens with one attached hydrogen (secondary N) is 2. The normalized spacial score (nSPS) is 12.9. The summed E-state index contributed by atoms with van der Waals surface area (Å²) < 4.78 is 46.5. The Morgan fingerprint density at radius 3 is 2.69 bits per heavy atom. The van der Waals surface area contributed by atoms with E-state index >= 15 is 0 Å². The second-order valence-corrected chi connectivity index (χ2v) is 9.85. The number of H-pyrrole nitrogens is 1. The third-order valence-electron chi connectivity index (χ3n) is 4.14. The van der Waals surface area contributed by atoms with Crippen molar-refractivity contribution in [1.29, 1.82) is 0 Å². The first kappa shape index (κ1) is 19.7. The van der Waals surface area contributed by atoms with E-state index in [2.05, 4.69) is 14.9 Å². The molecule has 1 unspecified atom stereocenters. The van der Waals surface area contributed by atoms with E-state index in [1.54, 1.807) is 36.4 Å². The van der Waals surface area contributed by atoms with E-state index in [4.69, 9.17) is 16.0 Å². The van der Waals surface area contributed by atoms with Gasteiger partial charge in [-0.25, -0.2) is 0 Å². The van der Waals surface area contributed by atoms with Crippen molar-refractivity contribution in [3.63, 3.8) is 0 Å². The van der Waals surface area contributed by atoms with Crippen LogP contribution < -0.4 is 4.72 Å².